The van der Waals surface area contributed by atoms with Crippen molar-refractivity contribution in [2.45, 2.75) is 26.4 Å². The molecule has 1 unspecified atom stereocenters. The van der Waals surface area contributed by atoms with E-state index in [4.69, 9.17) is 14.2 Å². The van der Waals surface area contributed by atoms with Crippen LogP contribution in [0.4, 0.5) is 11.4 Å². The van der Waals surface area contributed by atoms with Crippen molar-refractivity contribution in [1.29, 1.82) is 0 Å². The molecular weight excluding hydrogens is 430 g/mol. The van der Waals surface area contributed by atoms with Crippen LogP contribution in [0.15, 0.2) is 36.4 Å². The van der Waals surface area contributed by atoms with Gasteiger partial charge in [-0.3, -0.25) is 24.6 Å². The summed E-state index contributed by atoms with van der Waals surface area (Å²) in [5, 5.41) is 14.0. The van der Waals surface area contributed by atoms with Gasteiger partial charge in [-0.25, -0.2) is 0 Å². The molecular formula is C23H27N3O7. The van der Waals surface area contributed by atoms with E-state index in [1.165, 1.54) is 23.1 Å². The Labute approximate surface area is 191 Å². The minimum atomic E-state index is -0.779. The number of ether oxygens (including phenoxy) is 3. The third kappa shape index (κ3) is 5.33. The molecule has 1 N–H and O–H groups in total. The molecule has 0 aliphatic carbocycles. The van der Waals surface area contributed by atoms with Gasteiger partial charge in [0, 0.05) is 18.7 Å². The number of nitrogens with one attached hydrogen (secondary N) is 1. The minimum absolute atomic E-state index is 0.142. The van der Waals surface area contributed by atoms with Crippen molar-refractivity contribution in [3.05, 3.63) is 52.1 Å². The van der Waals surface area contributed by atoms with Gasteiger partial charge in [0.2, 0.25) is 5.91 Å². The van der Waals surface area contributed by atoms with Crippen LogP contribution in [0, 0.1) is 16.0 Å². The standard InChI is InChI=1S/C23H27N3O7/c1-14(2)22-23(28)25(17-12-16(26(29)30)6-8-18(17)33-22)13-21(27)24-10-9-15-5-7-19(31-3)20(11-15)32-4/h5-8,11-12,14,22H,9-10,13H2,1-4H3,(H,24,27). The highest BCUT2D eigenvalue weighted by Crippen LogP contribution is 2.38. The van der Waals surface area contributed by atoms with Gasteiger partial charge < -0.3 is 19.5 Å². The molecule has 1 atom stereocenters. The lowest BCUT2D eigenvalue weighted by molar-refractivity contribution is -0.384. The highest BCUT2D eigenvalue weighted by Gasteiger charge is 2.38. The van der Waals surface area contributed by atoms with Gasteiger partial charge in [0.1, 0.15) is 12.3 Å². The monoisotopic (exact) mass is 457 g/mol. The molecule has 0 saturated heterocycles. The zero-order valence-corrected chi connectivity index (χ0v) is 19.0. The zero-order chi connectivity index (χ0) is 24.1. The molecule has 2 amide bonds. The SMILES string of the molecule is COc1ccc(CCNC(=O)CN2C(=O)C(C(C)C)Oc3ccc([N+](=O)[O-])cc32)cc1OC. The molecule has 10 heteroatoms. The number of nitrogens with zero attached hydrogens (tertiary/aromatic N) is 2. The lowest BCUT2D eigenvalue weighted by Gasteiger charge is -2.35. The minimum Gasteiger partial charge on any atom is -0.493 e. The normalized spacial score (nSPS) is 15.0. The van der Waals surface area contributed by atoms with Crippen LogP contribution >= 0.6 is 0 Å². The molecule has 0 radical (unpaired) electrons. The summed E-state index contributed by atoms with van der Waals surface area (Å²) in [6.45, 7) is 3.73. The molecule has 2 aromatic carbocycles. The third-order valence-electron chi connectivity index (χ3n) is 5.30. The molecule has 0 spiro atoms. The maximum absolute atomic E-state index is 13.0. The Morgan fingerprint density at radius 1 is 1.18 bits per heavy atom. The zero-order valence-electron chi connectivity index (χ0n) is 19.0. The largest absolute Gasteiger partial charge is 0.493 e. The molecule has 176 valence electrons. The molecule has 3 rings (SSSR count). The number of methoxy groups -OCH3 is 2. The summed E-state index contributed by atoms with van der Waals surface area (Å²) in [6.07, 6.45) is -0.238. The number of carbonyl (C=O) groups excluding carboxylic acids is 2. The maximum atomic E-state index is 13.0. The second kappa shape index (κ2) is 10.2. The fourth-order valence-electron chi connectivity index (χ4n) is 3.56. The van der Waals surface area contributed by atoms with Gasteiger partial charge in [-0.05, 0) is 36.1 Å². The first-order chi connectivity index (χ1) is 15.7. The van der Waals surface area contributed by atoms with E-state index >= 15 is 0 Å². The first-order valence-corrected chi connectivity index (χ1v) is 10.5. The van der Waals surface area contributed by atoms with Crippen molar-refractivity contribution in [1.82, 2.24) is 5.32 Å². The third-order valence-corrected chi connectivity index (χ3v) is 5.30. The van der Waals surface area contributed by atoms with E-state index in [1.807, 2.05) is 26.0 Å². The van der Waals surface area contributed by atoms with E-state index in [9.17, 15) is 19.7 Å². The molecule has 0 fully saturated rings. The van der Waals surface area contributed by atoms with Crippen LogP contribution in [0.2, 0.25) is 0 Å². The first kappa shape index (κ1) is 23.8. The fraction of sp³-hybridized carbons (Fsp3) is 0.391. The van der Waals surface area contributed by atoms with E-state index in [1.54, 1.807) is 20.3 Å². The Bertz CT molecular complexity index is 1050. The number of amides is 2. The molecule has 1 aliphatic rings. The van der Waals surface area contributed by atoms with Crippen molar-refractivity contribution in [3.8, 4) is 17.2 Å². The average molecular weight is 457 g/mol. The number of carbonyl (C=O) groups is 2. The van der Waals surface area contributed by atoms with Crippen molar-refractivity contribution < 1.29 is 28.7 Å². The topological polar surface area (TPSA) is 120 Å². The summed E-state index contributed by atoms with van der Waals surface area (Å²) >= 11 is 0. The van der Waals surface area contributed by atoms with Crippen LogP contribution < -0.4 is 24.4 Å². The van der Waals surface area contributed by atoms with Crippen molar-refractivity contribution in [3.63, 3.8) is 0 Å². The Morgan fingerprint density at radius 2 is 1.91 bits per heavy atom. The highest BCUT2D eigenvalue weighted by atomic mass is 16.6. The summed E-state index contributed by atoms with van der Waals surface area (Å²) in [7, 11) is 3.11. The number of benzene rings is 2. The summed E-state index contributed by atoms with van der Waals surface area (Å²) < 4.78 is 16.3. The molecule has 0 aromatic heterocycles. The maximum Gasteiger partial charge on any atom is 0.271 e. The van der Waals surface area contributed by atoms with Gasteiger partial charge in [0.25, 0.3) is 11.6 Å². The summed E-state index contributed by atoms with van der Waals surface area (Å²) in [6, 6.07) is 9.52. The molecule has 1 aliphatic heterocycles. The average Bonchev–Trinajstić information content (AvgIpc) is 2.79. The lowest BCUT2D eigenvalue weighted by Crippen LogP contribution is -2.51. The van der Waals surface area contributed by atoms with Gasteiger partial charge in [-0.2, -0.15) is 0 Å². The van der Waals surface area contributed by atoms with Gasteiger partial charge >= 0.3 is 0 Å². The number of rotatable bonds is 9. The lowest BCUT2D eigenvalue weighted by atomic mass is 10.0. The summed E-state index contributed by atoms with van der Waals surface area (Å²) in [5.74, 6) is 0.606. The number of non-ortho nitro benzene ring substituents is 1. The fourth-order valence-corrected chi connectivity index (χ4v) is 3.56. The van der Waals surface area contributed by atoms with Crippen LogP contribution in [0.1, 0.15) is 19.4 Å². The number of nitro groups is 1. The van der Waals surface area contributed by atoms with Crippen LogP contribution in [0.25, 0.3) is 0 Å². The number of hydrogen-bond donors (Lipinski definition) is 1. The van der Waals surface area contributed by atoms with E-state index < -0.39 is 16.9 Å². The van der Waals surface area contributed by atoms with Gasteiger partial charge in [0.15, 0.2) is 17.6 Å². The predicted octanol–water partition coefficient (Wildman–Crippen LogP) is 2.72. The quantitative estimate of drug-likeness (QED) is 0.454. The number of fused-ring (bicyclic) bond motifs is 1. The van der Waals surface area contributed by atoms with Crippen molar-refractivity contribution in [2.24, 2.45) is 5.92 Å². The summed E-state index contributed by atoms with van der Waals surface area (Å²) in [4.78, 5) is 37.5. The summed E-state index contributed by atoms with van der Waals surface area (Å²) in [5.41, 5.74) is 0.962. The van der Waals surface area contributed by atoms with Crippen LogP contribution in [-0.2, 0) is 16.0 Å². The molecule has 33 heavy (non-hydrogen) atoms. The second-order valence-corrected chi connectivity index (χ2v) is 7.91. The highest BCUT2D eigenvalue weighted by molar-refractivity contribution is 6.04. The second-order valence-electron chi connectivity index (χ2n) is 7.91. The first-order valence-electron chi connectivity index (χ1n) is 10.5. The number of nitro benzene ring substituents is 1. The molecule has 0 saturated carbocycles. The Morgan fingerprint density at radius 3 is 2.55 bits per heavy atom. The smallest absolute Gasteiger partial charge is 0.271 e. The van der Waals surface area contributed by atoms with Crippen molar-refractivity contribution >= 4 is 23.2 Å². The molecule has 10 nitrogen and oxygen atoms in total. The van der Waals surface area contributed by atoms with Gasteiger partial charge in [-0.15, -0.1) is 0 Å². The van der Waals surface area contributed by atoms with E-state index in [-0.39, 0.29) is 29.7 Å². The van der Waals surface area contributed by atoms with E-state index in [0.29, 0.717) is 30.2 Å². The molecule has 0 bridgehead atoms. The Balaban J connectivity index is 1.70. The van der Waals surface area contributed by atoms with E-state index in [0.717, 1.165) is 5.56 Å². The van der Waals surface area contributed by atoms with Crippen LogP contribution in [0.5, 0.6) is 17.2 Å². The van der Waals surface area contributed by atoms with Crippen molar-refractivity contribution in [2.75, 3.05) is 32.2 Å². The van der Waals surface area contributed by atoms with E-state index in [2.05, 4.69) is 5.32 Å². The number of hydrogen-bond acceptors (Lipinski definition) is 7. The molecule has 1 heterocycles. The Kier molecular flexibility index (Phi) is 7.37. The van der Waals surface area contributed by atoms with Crippen LogP contribution in [0.3, 0.4) is 0 Å². The predicted molar refractivity (Wildman–Crippen MR) is 121 cm³/mol. The molecule has 2 aromatic rings. The van der Waals surface area contributed by atoms with Gasteiger partial charge in [-0.1, -0.05) is 19.9 Å². The van der Waals surface area contributed by atoms with Crippen LogP contribution in [-0.4, -0.2) is 50.2 Å². The van der Waals surface area contributed by atoms with Gasteiger partial charge in [0.05, 0.1) is 24.8 Å². The number of anilines is 1. The Hall–Kier alpha value is -3.82.